The minimum absolute atomic E-state index is 0.0219. The van der Waals surface area contributed by atoms with Crippen LogP contribution in [-0.2, 0) is 14.3 Å². The van der Waals surface area contributed by atoms with Crippen molar-refractivity contribution in [3.8, 4) is 0 Å². The number of rotatable bonds is 10. The van der Waals surface area contributed by atoms with Crippen LogP contribution in [0.5, 0.6) is 0 Å². The minimum atomic E-state index is 0.0219. The largest absolute Gasteiger partial charge is 0.462 e. The van der Waals surface area contributed by atoms with E-state index in [1.54, 1.807) is 0 Å². The monoisotopic (exact) mass is 470 g/mol. The van der Waals surface area contributed by atoms with Crippen LogP contribution in [0.15, 0.2) is 11.6 Å². The Morgan fingerprint density at radius 1 is 0.971 bits per heavy atom. The number of unbranched alkanes of at least 4 members (excludes halogenated alkanes) is 6. The maximum atomic E-state index is 12.6. The van der Waals surface area contributed by atoms with Crippen molar-refractivity contribution < 1.29 is 14.3 Å². The van der Waals surface area contributed by atoms with Crippen molar-refractivity contribution in [1.82, 2.24) is 0 Å². The molecule has 0 spiro atoms. The maximum Gasteiger partial charge on any atom is 0.306 e. The van der Waals surface area contributed by atoms with Crippen LogP contribution in [0.4, 0.5) is 0 Å². The molecule has 7 atom stereocenters. The molecule has 0 saturated heterocycles. The van der Waals surface area contributed by atoms with E-state index in [1.807, 2.05) is 6.08 Å². The molecule has 3 nitrogen and oxygen atoms in total. The Bertz CT molecular complexity index is 769. The van der Waals surface area contributed by atoms with Crippen molar-refractivity contribution in [3.05, 3.63) is 11.6 Å². The van der Waals surface area contributed by atoms with E-state index in [2.05, 4.69) is 27.7 Å². The van der Waals surface area contributed by atoms with E-state index in [0.29, 0.717) is 23.5 Å². The molecule has 4 aliphatic rings. The molecule has 0 bridgehead atoms. The van der Waals surface area contributed by atoms with Gasteiger partial charge in [-0.15, -0.1) is 0 Å². The van der Waals surface area contributed by atoms with E-state index >= 15 is 0 Å². The van der Waals surface area contributed by atoms with Gasteiger partial charge in [-0.2, -0.15) is 0 Å². The fourth-order valence-electron chi connectivity index (χ4n) is 8.95. The van der Waals surface area contributed by atoms with Gasteiger partial charge >= 0.3 is 5.97 Å². The first-order valence-electron chi connectivity index (χ1n) is 14.7. The molecule has 34 heavy (non-hydrogen) atoms. The van der Waals surface area contributed by atoms with E-state index in [-0.39, 0.29) is 17.5 Å². The summed E-state index contributed by atoms with van der Waals surface area (Å²) in [5, 5.41) is 0. The van der Waals surface area contributed by atoms with Gasteiger partial charge in [-0.05, 0) is 93.0 Å². The van der Waals surface area contributed by atoms with Crippen molar-refractivity contribution in [1.29, 1.82) is 0 Å². The number of ether oxygens (including phenoxy) is 1. The Morgan fingerprint density at radius 2 is 1.71 bits per heavy atom. The molecule has 3 heteroatoms. The summed E-state index contributed by atoms with van der Waals surface area (Å²) in [5.74, 6) is 3.11. The summed E-state index contributed by atoms with van der Waals surface area (Å²) in [4.78, 5) is 24.7. The fraction of sp³-hybridized carbons (Fsp3) is 0.871. The predicted molar refractivity (Wildman–Crippen MR) is 138 cm³/mol. The van der Waals surface area contributed by atoms with Gasteiger partial charge in [0.25, 0.3) is 0 Å². The SMILES string of the molecule is CCCCCCCCCC(=O)O[C@@H](C)[C@H]1CC[C@H]2[C@@H]3CCC4=CC(=O)CC[C@]4(C)[C@H]3CC[C@]12C. The topological polar surface area (TPSA) is 43.4 Å². The highest BCUT2D eigenvalue weighted by atomic mass is 16.5. The Kier molecular flexibility index (Phi) is 8.30. The molecule has 0 heterocycles. The van der Waals surface area contributed by atoms with Gasteiger partial charge < -0.3 is 4.74 Å². The third-order valence-corrected chi connectivity index (χ3v) is 10.9. The number of carbonyl (C=O) groups is 2. The van der Waals surface area contributed by atoms with Crippen molar-refractivity contribution in [2.45, 2.75) is 137 Å². The Morgan fingerprint density at radius 3 is 2.47 bits per heavy atom. The van der Waals surface area contributed by atoms with Crippen LogP contribution in [0.25, 0.3) is 0 Å². The van der Waals surface area contributed by atoms with Gasteiger partial charge in [0.1, 0.15) is 6.10 Å². The Hall–Kier alpha value is -1.12. The molecule has 0 N–H and O–H groups in total. The van der Waals surface area contributed by atoms with Crippen LogP contribution in [0.3, 0.4) is 0 Å². The molecule has 4 aliphatic carbocycles. The van der Waals surface area contributed by atoms with Gasteiger partial charge in [0.2, 0.25) is 0 Å². The van der Waals surface area contributed by atoms with E-state index in [1.165, 1.54) is 69.8 Å². The molecule has 0 aromatic heterocycles. The van der Waals surface area contributed by atoms with Crippen LogP contribution in [-0.4, -0.2) is 17.9 Å². The number of fused-ring (bicyclic) bond motifs is 5. The smallest absolute Gasteiger partial charge is 0.306 e. The summed E-state index contributed by atoms with van der Waals surface area (Å²) in [6.45, 7) is 9.40. The Labute approximate surface area is 208 Å². The first-order valence-corrected chi connectivity index (χ1v) is 14.7. The number of esters is 1. The highest BCUT2D eigenvalue weighted by molar-refractivity contribution is 5.91. The minimum Gasteiger partial charge on any atom is -0.462 e. The summed E-state index contributed by atoms with van der Waals surface area (Å²) in [5.41, 5.74) is 1.99. The summed E-state index contributed by atoms with van der Waals surface area (Å²) >= 11 is 0. The molecule has 0 aromatic carbocycles. The van der Waals surface area contributed by atoms with Gasteiger partial charge in [-0.3, -0.25) is 9.59 Å². The second-order valence-electron chi connectivity index (χ2n) is 12.8. The lowest BCUT2D eigenvalue weighted by Gasteiger charge is -2.58. The van der Waals surface area contributed by atoms with Crippen LogP contribution < -0.4 is 0 Å². The number of carbonyl (C=O) groups excluding carboxylic acids is 2. The van der Waals surface area contributed by atoms with Gasteiger partial charge in [-0.25, -0.2) is 0 Å². The molecule has 3 fully saturated rings. The third kappa shape index (κ3) is 5.05. The summed E-state index contributed by atoms with van der Waals surface area (Å²) in [6.07, 6.45) is 20.4. The van der Waals surface area contributed by atoms with E-state index in [4.69, 9.17) is 4.74 Å². The standard InChI is InChI=1S/C31H50O3/c1-5-6-7-8-9-10-11-12-29(33)34-22(2)26-15-16-27-25-14-13-23-21-24(32)17-19-30(23,3)28(25)18-20-31(26,27)4/h21-22,25-28H,5-20H2,1-4H3/t22-,25-,26+,27-,28-,30-,31+/m0/s1. The van der Waals surface area contributed by atoms with Crippen LogP contribution in [0.1, 0.15) is 130 Å². The second-order valence-corrected chi connectivity index (χ2v) is 12.8. The summed E-state index contributed by atoms with van der Waals surface area (Å²) in [7, 11) is 0. The van der Waals surface area contributed by atoms with E-state index in [0.717, 1.165) is 49.9 Å². The molecular weight excluding hydrogens is 420 g/mol. The molecule has 0 radical (unpaired) electrons. The molecule has 0 aromatic rings. The van der Waals surface area contributed by atoms with E-state index in [9.17, 15) is 9.59 Å². The molecule has 192 valence electrons. The number of hydrogen-bond acceptors (Lipinski definition) is 3. The quantitative estimate of drug-likeness (QED) is 0.239. The first kappa shape index (κ1) is 26.0. The van der Waals surface area contributed by atoms with Crippen LogP contribution in [0.2, 0.25) is 0 Å². The van der Waals surface area contributed by atoms with Crippen LogP contribution in [0, 0.1) is 34.5 Å². The summed E-state index contributed by atoms with van der Waals surface area (Å²) in [6, 6.07) is 0. The lowest BCUT2D eigenvalue weighted by Crippen LogP contribution is -2.51. The van der Waals surface area contributed by atoms with Gasteiger partial charge in [0.15, 0.2) is 5.78 Å². The number of allylic oxidation sites excluding steroid dienone is 1. The fourth-order valence-corrected chi connectivity index (χ4v) is 8.95. The molecule has 0 unspecified atom stereocenters. The average molecular weight is 471 g/mol. The Balaban J connectivity index is 1.31. The van der Waals surface area contributed by atoms with Crippen LogP contribution >= 0.6 is 0 Å². The maximum absolute atomic E-state index is 12.6. The van der Waals surface area contributed by atoms with Crippen molar-refractivity contribution in [3.63, 3.8) is 0 Å². The third-order valence-electron chi connectivity index (χ3n) is 10.9. The first-order chi connectivity index (χ1) is 16.3. The van der Waals surface area contributed by atoms with Crippen molar-refractivity contribution >= 4 is 11.8 Å². The highest BCUT2D eigenvalue weighted by Crippen LogP contribution is 2.67. The molecule has 4 rings (SSSR count). The van der Waals surface area contributed by atoms with Crippen molar-refractivity contribution in [2.24, 2.45) is 34.5 Å². The molecule has 3 saturated carbocycles. The lowest BCUT2D eigenvalue weighted by molar-refractivity contribution is -0.155. The normalized spacial score (nSPS) is 37.9. The molecule has 0 amide bonds. The van der Waals surface area contributed by atoms with E-state index < -0.39 is 0 Å². The lowest BCUT2D eigenvalue weighted by atomic mass is 9.46. The zero-order chi connectivity index (χ0) is 24.3. The molecular formula is C31H50O3. The second kappa shape index (κ2) is 10.9. The zero-order valence-electron chi connectivity index (χ0n) is 22.5. The van der Waals surface area contributed by atoms with Gasteiger partial charge in [0.05, 0.1) is 0 Å². The number of hydrogen-bond donors (Lipinski definition) is 0. The van der Waals surface area contributed by atoms with Gasteiger partial charge in [0, 0.05) is 18.8 Å². The van der Waals surface area contributed by atoms with Crippen molar-refractivity contribution in [2.75, 3.05) is 0 Å². The zero-order valence-corrected chi connectivity index (χ0v) is 22.5. The average Bonchev–Trinajstić information content (AvgIpc) is 3.16. The predicted octanol–water partition coefficient (Wildman–Crippen LogP) is 8.21. The molecule has 0 aliphatic heterocycles. The van der Waals surface area contributed by atoms with Gasteiger partial charge in [-0.1, -0.05) is 64.9 Å². The summed E-state index contributed by atoms with van der Waals surface area (Å²) < 4.78 is 6.06. The number of ketones is 1. The highest BCUT2D eigenvalue weighted by Gasteiger charge is 2.59.